The van der Waals surface area contributed by atoms with Crippen LogP contribution in [0.5, 0.6) is 0 Å². The quantitative estimate of drug-likeness (QED) is 0.438. The number of rotatable bonds is 9. The number of hydrogen-bond acceptors (Lipinski definition) is 5. The van der Waals surface area contributed by atoms with Crippen LogP contribution in [0, 0.1) is 5.92 Å². The van der Waals surface area contributed by atoms with Crippen LogP contribution in [0.3, 0.4) is 0 Å². The van der Waals surface area contributed by atoms with Crippen LogP contribution in [0.1, 0.15) is 31.2 Å². The van der Waals surface area contributed by atoms with Gasteiger partial charge in [0.15, 0.2) is 11.5 Å². The Kier molecular flexibility index (Phi) is 7.22. The second-order valence-corrected chi connectivity index (χ2v) is 8.57. The van der Waals surface area contributed by atoms with Gasteiger partial charge in [0.25, 0.3) is 0 Å². The van der Waals surface area contributed by atoms with E-state index in [0.29, 0.717) is 41.8 Å². The summed E-state index contributed by atoms with van der Waals surface area (Å²) in [5.74, 6) is 0.618. The standard InChI is InChI=1S/C23H24ClN3O4S/c24-16-7-5-15(6-8-16)9-10-25-21(28)4-2-1-3-11-27-22(29)17-12-19-20(31-14-30-19)13-18(17)26-23(27)32/h5-8,12-13,17H,1-4,9-11,14H2,(H,25,28). The van der Waals surface area contributed by atoms with Gasteiger partial charge in [-0.1, -0.05) is 30.2 Å². The van der Waals surface area contributed by atoms with E-state index in [9.17, 15) is 9.59 Å². The van der Waals surface area contributed by atoms with Gasteiger partial charge >= 0.3 is 0 Å². The van der Waals surface area contributed by atoms with Crippen LogP contribution in [-0.2, 0) is 25.5 Å². The summed E-state index contributed by atoms with van der Waals surface area (Å²) < 4.78 is 10.7. The molecule has 1 aromatic rings. The van der Waals surface area contributed by atoms with E-state index < -0.39 is 5.92 Å². The van der Waals surface area contributed by atoms with Crippen LogP contribution in [0.2, 0.25) is 5.02 Å². The summed E-state index contributed by atoms with van der Waals surface area (Å²) in [5, 5.41) is 3.92. The lowest BCUT2D eigenvalue weighted by atomic mass is 9.93. The van der Waals surface area contributed by atoms with E-state index in [2.05, 4.69) is 10.3 Å². The van der Waals surface area contributed by atoms with Crippen molar-refractivity contribution in [2.75, 3.05) is 19.9 Å². The lowest BCUT2D eigenvalue weighted by Crippen LogP contribution is -2.46. The molecule has 9 heteroatoms. The first kappa shape index (κ1) is 22.5. The van der Waals surface area contributed by atoms with E-state index in [1.165, 1.54) is 0 Å². The second-order valence-electron chi connectivity index (χ2n) is 7.77. The molecule has 1 unspecified atom stereocenters. The largest absolute Gasteiger partial charge is 0.454 e. The van der Waals surface area contributed by atoms with Crippen molar-refractivity contribution < 1.29 is 19.1 Å². The molecule has 0 spiro atoms. The van der Waals surface area contributed by atoms with Crippen LogP contribution in [0.15, 0.2) is 52.9 Å². The minimum absolute atomic E-state index is 0.0352. The van der Waals surface area contributed by atoms with Crippen molar-refractivity contribution in [1.82, 2.24) is 10.2 Å². The second kappa shape index (κ2) is 10.3. The fraction of sp³-hybridized carbons (Fsp3) is 0.391. The number of fused-ring (bicyclic) bond motifs is 2. The molecule has 1 fully saturated rings. The highest BCUT2D eigenvalue weighted by Crippen LogP contribution is 2.31. The maximum Gasteiger partial charge on any atom is 0.241 e. The first-order chi connectivity index (χ1) is 15.5. The molecule has 4 rings (SSSR count). The molecule has 1 aromatic carbocycles. The Bertz CT molecular complexity index is 1000. The van der Waals surface area contributed by atoms with Crippen LogP contribution < -0.4 is 5.32 Å². The molecule has 1 atom stereocenters. The van der Waals surface area contributed by atoms with E-state index in [0.717, 1.165) is 31.2 Å². The van der Waals surface area contributed by atoms with Crippen molar-refractivity contribution in [3.05, 3.63) is 58.5 Å². The summed E-state index contributed by atoms with van der Waals surface area (Å²) >= 11 is 11.2. The van der Waals surface area contributed by atoms with Crippen molar-refractivity contribution in [3.63, 3.8) is 0 Å². The highest BCUT2D eigenvalue weighted by Gasteiger charge is 2.38. The van der Waals surface area contributed by atoms with Crippen LogP contribution >= 0.6 is 23.8 Å². The molecule has 0 saturated carbocycles. The predicted octanol–water partition coefficient (Wildman–Crippen LogP) is 3.53. The molecule has 7 nitrogen and oxygen atoms in total. The lowest BCUT2D eigenvalue weighted by molar-refractivity contribution is -0.128. The molecule has 1 saturated heterocycles. The summed E-state index contributed by atoms with van der Waals surface area (Å²) in [7, 11) is 0. The number of aliphatic imine (C=N–C) groups is 1. The number of unbranched alkanes of at least 4 members (excludes halogenated alkanes) is 2. The normalized spacial score (nSPS) is 19.2. The number of nitrogens with one attached hydrogen (secondary N) is 1. The molecule has 1 aliphatic carbocycles. The summed E-state index contributed by atoms with van der Waals surface area (Å²) in [5.41, 5.74) is 1.73. The molecule has 2 heterocycles. The van der Waals surface area contributed by atoms with Gasteiger partial charge in [0.2, 0.25) is 23.7 Å². The Hall–Kier alpha value is -2.71. The molecule has 0 radical (unpaired) electrons. The lowest BCUT2D eigenvalue weighted by Gasteiger charge is -2.30. The summed E-state index contributed by atoms with van der Waals surface area (Å²) in [6, 6.07) is 7.61. The number of carbonyl (C=O) groups excluding carboxylic acids is 2. The fourth-order valence-electron chi connectivity index (χ4n) is 3.76. The van der Waals surface area contributed by atoms with E-state index in [1.807, 2.05) is 24.3 Å². The van der Waals surface area contributed by atoms with E-state index in [-0.39, 0.29) is 23.7 Å². The van der Waals surface area contributed by atoms with Gasteiger partial charge in [-0.15, -0.1) is 0 Å². The smallest absolute Gasteiger partial charge is 0.241 e. The average Bonchev–Trinajstić information content (AvgIpc) is 3.23. The predicted molar refractivity (Wildman–Crippen MR) is 125 cm³/mol. The summed E-state index contributed by atoms with van der Waals surface area (Å²) in [6.45, 7) is 1.23. The number of halogens is 1. The topological polar surface area (TPSA) is 80.2 Å². The molecule has 3 aliphatic rings. The van der Waals surface area contributed by atoms with Crippen LogP contribution in [0.4, 0.5) is 0 Å². The third-order valence-electron chi connectivity index (χ3n) is 5.51. The zero-order valence-electron chi connectivity index (χ0n) is 17.5. The van der Waals surface area contributed by atoms with Crippen molar-refractivity contribution in [1.29, 1.82) is 0 Å². The molecular formula is C23H24ClN3O4S. The minimum atomic E-state index is -0.492. The Morgan fingerprint density at radius 2 is 1.97 bits per heavy atom. The highest BCUT2D eigenvalue weighted by molar-refractivity contribution is 7.80. The highest BCUT2D eigenvalue weighted by atomic mass is 35.5. The van der Waals surface area contributed by atoms with Gasteiger partial charge in [0.05, 0.1) is 5.71 Å². The maximum atomic E-state index is 12.9. The SMILES string of the molecule is O=C(CCCCCN1C(=O)C2C=C3OCOC3=CC2=NC1=S)NCCc1ccc(Cl)cc1. The average molecular weight is 474 g/mol. The van der Waals surface area contributed by atoms with Crippen molar-refractivity contribution in [2.24, 2.45) is 10.9 Å². The maximum absolute atomic E-state index is 12.9. The molecule has 0 bridgehead atoms. The molecule has 0 aromatic heterocycles. The van der Waals surface area contributed by atoms with E-state index >= 15 is 0 Å². The minimum Gasteiger partial charge on any atom is -0.454 e. The molecular weight excluding hydrogens is 450 g/mol. The number of thiocarbonyl (C=S) groups is 1. The van der Waals surface area contributed by atoms with E-state index in [4.69, 9.17) is 33.3 Å². The van der Waals surface area contributed by atoms with Crippen LogP contribution in [0.25, 0.3) is 0 Å². The Morgan fingerprint density at radius 3 is 2.78 bits per heavy atom. The first-order valence-corrected chi connectivity index (χ1v) is 11.4. The van der Waals surface area contributed by atoms with Gasteiger partial charge in [-0.3, -0.25) is 14.5 Å². The molecule has 168 valence electrons. The van der Waals surface area contributed by atoms with Gasteiger partial charge < -0.3 is 14.8 Å². The van der Waals surface area contributed by atoms with Gasteiger partial charge in [0.1, 0.15) is 5.92 Å². The van der Waals surface area contributed by atoms with Crippen molar-refractivity contribution >= 4 is 46.5 Å². The molecule has 1 N–H and O–H groups in total. The fourth-order valence-corrected chi connectivity index (χ4v) is 4.17. The molecule has 2 amide bonds. The summed E-state index contributed by atoms with van der Waals surface area (Å²) in [4.78, 5) is 30.9. The number of hydrogen-bond donors (Lipinski definition) is 1. The van der Waals surface area contributed by atoms with Gasteiger partial charge in [-0.25, -0.2) is 4.99 Å². The third kappa shape index (κ3) is 5.37. The third-order valence-corrected chi connectivity index (χ3v) is 6.07. The zero-order valence-corrected chi connectivity index (χ0v) is 19.1. The number of ether oxygens (including phenoxy) is 2. The monoisotopic (exact) mass is 473 g/mol. The number of benzene rings is 1. The number of carbonyl (C=O) groups is 2. The van der Waals surface area contributed by atoms with E-state index in [1.54, 1.807) is 17.1 Å². The summed E-state index contributed by atoms with van der Waals surface area (Å²) in [6.07, 6.45) is 7.01. The van der Waals surface area contributed by atoms with Gasteiger partial charge in [-0.05, 0) is 55.3 Å². The zero-order chi connectivity index (χ0) is 22.5. The van der Waals surface area contributed by atoms with Gasteiger partial charge in [-0.2, -0.15) is 0 Å². The Morgan fingerprint density at radius 1 is 1.19 bits per heavy atom. The Balaban J connectivity index is 1.15. The van der Waals surface area contributed by atoms with Crippen LogP contribution in [-0.4, -0.2) is 47.4 Å². The first-order valence-electron chi connectivity index (χ1n) is 10.7. The number of nitrogens with zero attached hydrogens (tertiary/aromatic N) is 2. The van der Waals surface area contributed by atoms with Crippen molar-refractivity contribution in [3.8, 4) is 0 Å². The van der Waals surface area contributed by atoms with Crippen molar-refractivity contribution in [2.45, 2.75) is 32.1 Å². The number of amides is 2. The Labute approximate surface area is 197 Å². The van der Waals surface area contributed by atoms with Gasteiger partial charge in [0, 0.05) is 30.6 Å². The number of allylic oxidation sites excluding steroid dienone is 1. The molecule has 2 aliphatic heterocycles. The molecule has 32 heavy (non-hydrogen) atoms.